The second kappa shape index (κ2) is 7.34. The van der Waals surface area contributed by atoms with Crippen molar-refractivity contribution in [2.45, 2.75) is 52.1 Å². The summed E-state index contributed by atoms with van der Waals surface area (Å²) in [5, 5.41) is 14.2. The van der Waals surface area contributed by atoms with Crippen LogP contribution in [0.2, 0.25) is 0 Å². The maximum Gasteiger partial charge on any atom is 0.337 e. The van der Waals surface area contributed by atoms with Crippen molar-refractivity contribution in [2.75, 3.05) is 0 Å². The van der Waals surface area contributed by atoms with Gasteiger partial charge < -0.3 is 10.1 Å². The number of benzene rings is 1. The van der Waals surface area contributed by atoms with Crippen LogP contribution in [0.4, 0.5) is 5.69 Å². The molecule has 1 aliphatic carbocycles. The SMILES string of the molecule is CC1=C(C(=O)OC(C)C)C(c2ccc([N+](=O)[O-])cc2)C2=C(CCCC2=O)N1. The summed E-state index contributed by atoms with van der Waals surface area (Å²) in [5.41, 5.74) is 3.05. The predicted molar refractivity (Wildman–Crippen MR) is 98.8 cm³/mol. The Balaban J connectivity index is 2.12. The Labute approximate surface area is 157 Å². The van der Waals surface area contributed by atoms with Crippen LogP contribution in [0.25, 0.3) is 0 Å². The summed E-state index contributed by atoms with van der Waals surface area (Å²) in [6.45, 7) is 5.32. The molecule has 1 heterocycles. The van der Waals surface area contributed by atoms with Crippen LogP contribution in [-0.2, 0) is 14.3 Å². The van der Waals surface area contributed by atoms with E-state index in [9.17, 15) is 19.7 Å². The molecule has 1 atom stereocenters. The maximum absolute atomic E-state index is 12.8. The number of dihydropyridines is 1. The van der Waals surface area contributed by atoms with Crippen molar-refractivity contribution < 1.29 is 19.2 Å². The van der Waals surface area contributed by atoms with Crippen LogP contribution in [0.5, 0.6) is 0 Å². The van der Waals surface area contributed by atoms with Gasteiger partial charge in [-0.1, -0.05) is 12.1 Å². The minimum atomic E-state index is -0.582. The number of esters is 1. The van der Waals surface area contributed by atoms with Gasteiger partial charge in [0.1, 0.15) is 0 Å². The Hall–Kier alpha value is -2.96. The van der Waals surface area contributed by atoms with Crippen LogP contribution < -0.4 is 5.32 Å². The number of ether oxygens (including phenoxy) is 1. The first kappa shape index (κ1) is 18.8. The molecule has 1 aromatic carbocycles. The smallest absolute Gasteiger partial charge is 0.337 e. The van der Waals surface area contributed by atoms with Crippen LogP contribution in [0.3, 0.4) is 0 Å². The van der Waals surface area contributed by atoms with E-state index in [1.54, 1.807) is 32.9 Å². The number of nitrogens with one attached hydrogen (secondary N) is 1. The Bertz CT molecular complexity index is 865. The molecule has 1 aliphatic heterocycles. The van der Waals surface area contributed by atoms with Gasteiger partial charge >= 0.3 is 5.97 Å². The molecule has 0 bridgehead atoms. The van der Waals surface area contributed by atoms with Crippen molar-refractivity contribution in [3.8, 4) is 0 Å². The predicted octanol–water partition coefficient (Wildman–Crippen LogP) is 3.51. The Morgan fingerprint density at radius 3 is 2.52 bits per heavy atom. The summed E-state index contributed by atoms with van der Waals surface area (Å²) in [4.78, 5) is 36.0. The molecule has 0 amide bonds. The minimum Gasteiger partial charge on any atom is -0.460 e. The van der Waals surface area contributed by atoms with Gasteiger partial charge in [-0.2, -0.15) is 0 Å². The van der Waals surface area contributed by atoms with E-state index in [4.69, 9.17) is 4.74 Å². The van der Waals surface area contributed by atoms with Gasteiger partial charge in [0.25, 0.3) is 5.69 Å². The third-order valence-corrected chi connectivity index (χ3v) is 4.78. The molecule has 0 aromatic heterocycles. The van der Waals surface area contributed by atoms with Crippen LogP contribution in [0.1, 0.15) is 51.5 Å². The average Bonchev–Trinajstić information content (AvgIpc) is 2.60. The number of rotatable bonds is 4. The zero-order valence-electron chi connectivity index (χ0n) is 15.6. The highest BCUT2D eigenvalue weighted by atomic mass is 16.6. The normalized spacial score (nSPS) is 19.7. The van der Waals surface area contributed by atoms with E-state index in [0.29, 0.717) is 28.8 Å². The molecule has 0 radical (unpaired) electrons. The molecule has 27 heavy (non-hydrogen) atoms. The van der Waals surface area contributed by atoms with Gasteiger partial charge in [0.15, 0.2) is 5.78 Å². The lowest BCUT2D eigenvalue weighted by Gasteiger charge is -2.34. The summed E-state index contributed by atoms with van der Waals surface area (Å²) < 4.78 is 5.41. The molecular weight excluding hydrogens is 348 g/mol. The standard InChI is InChI=1S/C20H22N2O5/c1-11(2)27-20(24)17-12(3)21-15-5-4-6-16(23)19(15)18(17)13-7-9-14(10-8-13)22(25)26/h7-11,18,21H,4-6H2,1-3H3. The number of nitro benzene ring substituents is 1. The monoisotopic (exact) mass is 370 g/mol. The van der Waals surface area contributed by atoms with Crippen molar-refractivity contribution in [1.29, 1.82) is 0 Å². The molecular formula is C20H22N2O5. The van der Waals surface area contributed by atoms with Gasteiger partial charge in [0.2, 0.25) is 0 Å². The molecule has 0 saturated heterocycles. The van der Waals surface area contributed by atoms with Crippen molar-refractivity contribution in [3.05, 3.63) is 62.5 Å². The van der Waals surface area contributed by atoms with E-state index in [2.05, 4.69) is 5.32 Å². The highest BCUT2D eigenvalue weighted by Gasteiger charge is 2.39. The number of carbonyl (C=O) groups is 2. The molecule has 0 spiro atoms. The molecule has 1 aromatic rings. The zero-order valence-corrected chi connectivity index (χ0v) is 15.6. The molecule has 7 heteroatoms. The topological polar surface area (TPSA) is 98.5 Å². The molecule has 2 aliphatic rings. The number of carbonyl (C=O) groups excluding carboxylic acids is 2. The van der Waals surface area contributed by atoms with Crippen LogP contribution in [0.15, 0.2) is 46.8 Å². The third-order valence-electron chi connectivity index (χ3n) is 4.78. The minimum absolute atomic E-state index is 0.00514. The van der Waals surface area contributed by atoms with Gasteiger partial charge in [-0.05, 0) is 39.2 Å². The Kier molecular flexibility index (Phi) is 5.12. The number of allylic oxidation sites excluding steroid dienone is 3. The van der Waals surface area contributed by atoms with E-state index < -0.39 is 16.8 Å². The average molecular weight is 370 g/mol. The highest BCUT2D eigenvalue weighted by molar-refractivity contribution is 6.03. The zero-order chi connectivity index (χ0) is 19.7. The molecule has 0 fully saturated rings. The Morgan fingerprint density at radius 1 is 1.26 bits per heavy atom. The number of hydrogen-bond acceptors (Lipinski definition) is 6. The Morgan fingerprint density at radius 2 is 1.93 bits per heavy atom. The fourth-order valence-corrected chi connectivity index (χ4v) is 3.65. The number of hydrogen-bond donors (Lipinski definition) is 1. The second-order valence-electron chi connectivity index (χ2n) is 7.07. The first-order valence-corrected chi connectivity index (χ1v) is 8.99. The molecule has 1 N–H and O–H groups in total. The largest absolute Gasteiger partial charge is 0.460 e. The van der Waals surface area contributed by atoms with Crippen LogP contribution in [-0.4, -0.2) is 22.8 Å². The summed E-state index contributed by atoms with van der Waals surface area (Å²) >= 11 is 0. The first-order chi connectivity index (χ1) is 12.8. The molecule has 3 rings (SSSR count). The van der Waals surface area contributed by atoms with Gasteiger partial charge in [-0.25, -0.2) is 4.79 Å². The van der Waals surface area contributed by atoms with E-state index in [0.717, 1.165) is 18.5 Å². The molecule has 0 saturated carbocycles. The van der Waals surface area contributed by atoms with E-state index in [-0.39, 0.29) is 17.6 Å². The third kappa shape index (κ3) is 3.63. The molecule has 7 nitrogen and oxygen atoms in total. The lowest BCUT2D eigenvalue weighted by molar-refractivity contribution is -0.384. The number of non-ortho nitro benzene ring substituents is 1. The maximum atomic E-state index is 12.8. The molecule has 142 valence electrons. The van der Waals surface area contributed by atoms with Crippen LogP contribution >= 0.6 is 0 Å². The van der Waals surface area contributed by atoms with Crippen molar-refractivity contribution >= 4 is 17.4 Å². The summed E-state index contributed by atoms with van der Waals surface area (Å²) in [5.74, 6) is -1.07. The van der Waals surface area contributed by atoms with E-state index in [1.807, 2.05) is 0 Å². The fourth-order valence-electron chi connectivity index (χ4n) is 3.65. The van der Waals surface area contributed by atoms with Gasteiger partial charge in [0.05, 0.1) is 16.6 Å². The first-order valence-electron chi connectivity index (χ1n) is 8.99. The van der Waals surface area contributed by atoms with Crippen molar-refractivity contribution in [3.63, 3.8) is 0 Å². The van der Waals surface area contributed by atoms with Crippen molar-refractivity contribution in [1.82, 2.24) is 5.32 Å². The van der Waals surface area contributed by atoms with Gasteiger partial charge in [-0.15, -0.1) is 0 Å². The van der Waals surface area contributed by atoms with E-state index in [1.165, 1.54) is 12.1 Å². The number of nitro groups is 1. The molecule has 1 unspecified atom stereocenters. The lowest BCUT2D eigenvalue weighted by Crippen LogP contribution is -2.34. The number of Topliss-reactive ketones (excluding diaryl/α,β-unsaturated/α-hetero) is 1. The fraction of sp³-hybridized carbons (Fsp3) is 0.400. The number of ketones is 1. The number of nitrogens with zero attached hydrogens (tertiary/aromatic N) is 1. The van der Waals surface area contributed by atoms with Crippen molar-refractivity contribution in [2.24, 2.45) is 0 Å². The lowest BCUT2D eigenvalue weighted by atomic mass is 9.75. The second-order valence-corrected chi connectivity index (χ2v) is 7.07. The summed E-state index contributed by atoms with van der Waals surface area (Å²) in [7, 11) is 0. The highest BCUT2D eigenvalue weighted by Crippen LogP contribution is 2.42. The van der Waals surface area contributed by atoms with Gasteiger partial charge in [0, 0.05) is 41.4 Å². The quantitative estimate of drug-likeness (QED) is 0.495. The van der Waals surface area contributed by atoms with Crippen LogP contribution in [0, 0.1) is 10.1 Å². The summed E-state index contributed by atoms with van der Waals surface area (Å²) in [6, 6.07) is 6.00. The van der Waals surface area contributed by atoms with Gasteiger partial charge in [-0.3, -0.25) is 14.9 Å². The van der Waals surface area contributed by atoms with E-state index >= 15 is 0 Å². The summed E-state index contributed by atoms with van der Waals surface area (Å²) in [6.07, 6.45) is 1.62.